The minimum absolute atomic E-state index is 0.0983. The fourth-order valence-electron chi connectivity index (χ4n) is 7.38. The topological polar surface area (TPSA) is 30.2 Å². The third kappa shape index (κ3) is 3.62. The Morgan fingerprint density at radius 3 is 2.32 bits per heavy atom. The second-order valence-corrected chi connectivity index (χ2v) is 12.0. The number of aliphatic imine (C=N–C) groups is 1. The Morgan fingerprint density at radius 2 is 1.43 bits per heavy atom. The summed E-state index contributed by atoms with van der Waals surface area (Å²) in [4.78, 5) is 10.6. The van der Waals surface area contributed by atoms with Gasteiger partial charge < -0.3 is 0 Å². The fraction of sp³-hybridized carbons (Fsp3) is 0.0732. The van der Waals surface area contributed by atoms with Crippen molar-refractivity contribution in [3.63, 3.8) is 0 Å². The second-order valence-electron chi connectivity index (χ2n) is 12.0. The molecule has 0 saturated carbocycles. The largest absolute Gasteiger partial charge is 0.292 e. The van der Waals surface area contributed by atoms with E-state index in [0.717, 1.165) is 39.5 Å². The molecule has 0 radical (unpaired) electrons. The van der Waals surface area contributed by atoms with E-state index in [1.165, 1.54) is 33.0 Å². The Hall–Kier alpha value is -5.54. The zero-order valence-electron chi connectivity index (χ0n) is 24.4. The first-order chi connectivity index (χ1) is 21.7. The number of hydrogen-bond acceptors (Lipinski definition) is 2. The van der Waals surface area contributed by atoms with Crippen LogP contribution in [0.1, 0.15) is 35.1 Å². The maximum absolute atomic E-state index is 5.47. The first-order valence-electron chi connectivity index (χ1n) is 15.2. The highest BCUT2D eigenvalue weighted by Gasteiger charge is 2.45. The van der Waals surface area contributed by atoms with Crippen molar-refractivity contribution in [3.8, 4) is 17.1 Å². The summed E-state index contributed by atoms with van der Waals surface area (Å²) in [5.74, 6) is 1.04. The van der Waals surface area contributed by atoms with Gasteiger partial charge in [-0.25, -0.2) is 4.98 Å². The molecule has 9 rings (SSSR count). The van der Waals surface area contributed by atoms with Crippen molar-refractivity contribution < 1.29 is 0 Å². The minimum Gasteiger partial charge on any atom is -0.292 e. The molecule has 3 heteroatoms. The maximum atomic E-state index is 5.47. The van der Waals surface area contributed by atoms with Crippen LogP contribution in [-0.2, 0) is 0 Å². The maximum Gasteiger partial charge on any atom is 0.145 e. The normalized spacial score (nSPS) is 18.5. The van der Waals surface area contributed by atoms with Gasteiger partial charge in [0.05, 0.1) is 22.4 Å². The first-order valence-corrected chi connectivity index (χ1v) is 15.2. The third-order valence-electron chi connectivity index (χ3n) is 9.48. The lowest BCUT2D eigenvalue weighted by Crippen LogP contribution is -2.38. The van der Waals surface area contributed by atoms with Gasteiger partial charge in [0.1, 0.15) is 5.82 Å². The van der Waals surface area contributed by atoms with E-state index in [2.05, 4.69) is 163 Å². The van der Waals surface area contributed by atoms with Crippen molar-refractivity contribution in [2.45, 2.75) is 12.8 Å². The second kappa shape index (κ2) is 9.48. The molecule has 0 N–H and O–H groups in total. The van der Waals surface area contributed by atoms with Crippen molar-refractivity contribution in [1.29, 1.82) is 0 Å². The van der Waals surface area contributed by atoms with Gasteiger partial charge >= 0.3 is 0 Å². The average molecular weight is 564 g/mol. The number of nitrogens with zero attached hydrogens (tertiary/aromatic N) is 3. The number of rotatable bonds is 3. The molecule has 2 unspecified atom stereocenters. The van der Waals surface area contributed by atoms with Crippen LogP contribution in [0.4, 0.5) is 5.69 Å². The molecule has 1 aromatic heterocycles. The minimum atomic E-state index is -0.303. The van der Waals surface area contributed by atoms with Crippen molar-refractivity contribution in [3.05, 3.63) is 168 Å². The van der Waals surface area contributed by atoms with Crippen molar-refractivity contribution in [2.24, 2.45) is 10.4 Å². The highest BCUT2D eigenvalue weighted by atomic mass is 15.1. The van der Waals surface area contributed by atoms with Gasteiger partial charge in [-0.05, 0) is 53.3 Å². The van der Waals surface area contributed by atoms with Crippen molar-refractivity contribution in [2.75, 3.05) is 0 Å². The van der Waals surface area contributed by atoms with Crippen LogP contribution in [-0.4, -0.2) is 15.3 Å². The average Bonchev–Trinajstić information content (AvgIpc) is 3.47. The summed E-state index contributed by atoms with van der Waals surface area (Å²) >= 11 is 0. The zero-order valence-corrected chi connectivity index (χ0v) is 24.4. The molecule has 2 heterocycles. The van der Waals surface area contributed by atoms with Gasteiger partial charge in [-0.2, -0.15) is 0 Å². The Bertz CT molecular complexity index is 2290. The Labute approximate surface area is 256 Å². The molecule has 0 bridgehead atoms. The summed E-state index contributed by atoms with van der Waals surface area (Å²) in [7, 11) is 0. The van der Waals surface area contributed by atoms with Crippen LogP contribution in [0.2, 0.25) is 0 Å². The fourth-order valence-corrected chi connectivity index (χ4v) is 7.38. The van der Waals surface area contributed by atoms with E-state index < -0.39 is 0 Å². The molecule has 0 saturated heterocycles. The molecule has 0 spiro atoms. The van der Waals surface area contributed by atoms with E-state index in [4.69, 9.17) is 9.98 Å². The monoisotopic (exact) mass is 563 g/mol. The standard InChI is InChI=1S/C41H29N3/c1-41-26-25-28-12-6-8-16-33(28)39(41)43-38-32-15-7-5-11-27(32)23-24-34(38)37(41)29-19-21-30(22-20-29)40-42-35-17-9-10-18-36(35)44(40)31-13-3-2-4-14-31/h2-26,37H,1H3. The van der Waals surface area contributed by atoms with Crippen LogP contribution in [0, 0.1) is 5.41 Å². The van der Waals surface area contributed by atoms with Gasteiger partial charge in [0, 0.05) is 33.5 Å². The molecule has 6 aromatic carbocycles. The summed E-state index contributed by atoms with van der Waals surface area (Å²) in [6.07, 6.45) is 4.66. The number of allylic oxidation sites excluding steroid dienone is 1. The van der Waals surface area contributed by atoms with E-state index in [1.807, 2.05) is 0 Å². The van der Waals surface area contributed by atoms with E-state index in [9.17, 15) is 0 Å². The molecule has 3 nitrogen and oxygen atoms in total. The lowest BCUT2D eigenvalue weighted by molar-refractivity contribution is 0.509. The molecular weight excluding hydrogens is 534 g/mol. The summed E-state index contributed by atoms with van der Waals surface area (Å²) in [6, 6.07) is 49.8. The highest BCUT2D eigenvalue weighted by Crippen LogP contribution is 2.55. The number of para-hydroxylation sites is 3. The van der Waals surface area contributed by atoms with Gasteiger partial charge in [0.2, 0.25) is 0 Å². The number of hydrogen-bond donors (Lipinski definition) is 0. The van der Waals surface area contributed by atoms with Crippen LogP contribution < -0.4 is 0 Å². The predicted molar refractivity (Wildman–Crippen MR) is 182 cm³/mol. The van der Waals surface area contributed by atoms with E-state index in [-0.39, 0.29) is 11.3 Å². The smallest absolute Gasteiger partial charge is 0.145 e. The third-order valence-corrected chi connectivity index (χ3v) is 9.48. The SMILES string of the molecule is CC12C=Cc3ccccc3C1=Nc1c(ccc3ccccc13)C2c1ccc(-c2nc3ccccc3n2-c2ccccc2)cc1. The summed E-state index contributed by atoms with van der Waals surface area (Å²) in [6.45, 7) is 2.35. The highest BCUT2D eigenvalue weighted by molar-refractivity contribution is 6.15. The molecule has 208 valence electrons. The molecule has 2 atom stereocenters. The number of fused-ring (bicyclic) bond motifs is 7. The quantitative estimate of drug-likeness (QED) is 0.210. The molecule has 0 fully saturated rings. The number of imidazole rings is 1. The molecule has 44 heavy (non-hydrogen) atoms. The lowest BCUT2D eigenvalue weighted by Gasteiger charge is -2.43. The Morgan fingerprint density at radius 1 is 0.682 bits per heavy atom. The van der Waals surface area contributed by atoms with Crippen LogP contribution in [0.15, 0.2) is 151 Å². The first kappa shape index (κ1) is 25.0. The van der Waals surface area contributed by atoms with Gasteiger partial charge in [-0.3, -0.25) is 9.56 Å². The van der Waals surface area contributed by atoms with Crippen LogP contribution in [0.3, 0.4) is 0 Å². The molecule has 0 amide bonds. The predicted octanol–water partition coefficient (Wildman–Crippen LogP) is 10.1. The molecular formula is C41H29N3. The molecule has 1 aliphatic carbocycles. The molecule has 1 aliphatic heterocycles. The molecule has 7 aromatic rings. The van der Waals surface area contributed by atoms with Crippen molar-refractivity contribution in [1.82, 2.24) is 9.55 Å². The van der Waals surface area contributed by atoms with Gasteiger partial charge in [0.25, 0.3) is 0 Å². The zero-order chi connectivity index (χ0) is 29.3. The van der Waals surface area contributed by atoms with E-state index >= 15 is 0 Å². The van der Waals surface area contributed by atoms with Crippen LogP contribution >= 0.6 is 0 Å². The van der Waals surface area contributed by atoms with Crippen molar-refractivity contribution >= 4 is 39.3 Å². The van der Waals surface area contributed by atoms with Gasteiger partial charge in [-0.1, -0.05) is 127 Å². The van der Waals surface area contributed by atoms with E-state index in [1.54, 1.807) is 0 Å². The van der Waals surface area contributed by atoms with Gasteiger partial charge in [0.15, 0.2) is 0 Å². The Balaban J connectivity index is 1.24. The molecule has 2 aliphatic rings. The summed E-state index contributed by atoms with van der Waals surface area (Å²) < 4.78 is 2.26. The lowest BCUT2D eigenvalue weighted by atomic mass is 9.61. The van der Waals surface area contributed by atoms with E-state index in [0.29, 0.717) is 0 Å². The number of benzene rings is 6. The van der Waals surface area contributed by atoms with Gasteiger partial charge in [-0.15, -0.1) is 0 Å². The van der Waals surface area contributed by atoms with Crippen LogP contribution in [0.5, 0.6) is 0 Å². The Kier molecular flexibility index (Phi) is 5.39. The summed E-state index contributed by atoms with van der Waals surface area (Å²) in [5, 5.41) is 2.41. The van der Waals surface area contributed by atoms with Crippen LogP contribution in [0.25, 0.3) is 45.0 Å². The number of aromatic nitrogens is 2. The summed E-state index contributed by atoms with van der Waals surface area (Å²) in [5.41, 5.74) is 11.2.